The molecule has 0 saturated carbocycles. The van der Waals surface area contributed by atoms with Crippen LogP contribution < -0.4 is 11.5 Å². The van der Waals surface area contributed by atoms with Crippen molar-refractivity contribution in [3.05, 3.63) is 23.8 Å². The van der Waals surface area contributed by atoms with E-state index in [0.29, 0.717) is 0 Å². The summed E-state index contributed by atoms with van der Waals surface area (Å²) < 4.78 is 0. The first kappa shape index (κ1) is 10.3. The van der Waals surface area contributed by atoms with Gasteiger partial charge in [-0.3, -0.25) is 0 Å². The summed E-state index contributed by atoms with van der Waals surface area (Å²) in [4.78, 5) is 10.8. The quantitative estimate of drug-likeness (QED) is 0.400. The summed E-state index contributed by atoms with van der Waals surface area (Å²) >= 11 is 0. The monoisotopic (exact) mass is 196 g/mol. The van der Waals surface area contributed by atoms with Gasteiger partial charge in [0.05, 0.1) is 0 Å². The second-order valence-corrected chi connectivity index (χ2v) is 3.28. The molecule has 0 fully saturated rings. The van der Waals surface area contributed by atoms with E-state index < -0.39 is 11.5 Å². The van der Waals surface area contributed by atoms with Crippen molar-refractivity contribution >= 4 is 11.7 Å². The fourth-order valence-corrected chi connectivity index (χ4v) is 1.11. The maximum absolute atomic E-state index is 10.8. The van der Waals surface area contributed by atoms with E-state index in [0.717, 1.165) is 0 Å². The summed E-state index contributed by atoms with van der Waals surface area (Å²) in [5, 5.41) is 18.0. The largest absolute Gasteiger partial charge is 0.508 e. The maximum Gasteiger partial charge on any atom is 0.328 e. The van der Waals surface area contributed by atoms with Crippen LogP contribution in [0.1, 0.15) is 12.5 Å². The van der Waals surface area contributed by atoms with Gasteiger partial charge >= 0.3 is 5.97 Å². The van der Waals surface area contributed by atoms with Gasteiger partial charge in [0.15, 0.2) is 0 Å². The molecule has 1 aromatic carbocycles. The van der Waals surface area contributed by atoms with Crippen molar-refractivity contribution in [2.45, 2.75) is 12.5 Å². The van der Waals surface area contributed by atoms with Gasteiger partial charge in [-0.15, -0.1) is 0 Å². The van der Waals surface area contributed by atoms with E-state index >= 15 is 0 Å². The number of benzene rings is 1. The number of nitrogens with two attached hydrogens (primary N) is 2. The molecule has 0 aromatic heterocycles. The van der Waals surface area contributed by atoms with Crippen LogP contribution in [0.3, 0.4) is 0 Å². The number of hydrogen-bond donors (Lipinski definition) is 4. The molecule has 0 radical (unpaired) electrons. The summed E-state index contributed by atoms with van der Waals surface area (Å²) in [5.41, 5.74) is 9.97. The Labute approximate surface area is 81.0 Å². The van der Waals surface area contributed by atoms with E-state index in [9.17, 15) is 9.90 Å². The van der Waals surface area contributed by atoms with Gasteiger partial charge in [0, 0.05) is 11.3 Å². The van der Waals surface area contributed by atoms with Gasteiger partial charge in [-0.1, -0.05) is 0 Å². The van der Waals surface area contributed by atoms with Crippen LogP contribution in [-0.4, -0.2) is 16.2 Å². The smallest absolute Gasteiger partial charge is 0.328 e. The van der Waals surface area contributed by atoms with Crippen molar-refractivity contribution < 1.29 is 15.0 Å². The van der Waals surface area contributed by atoms with Gasteiger partial charge < -0.3 is 21.7 Å². The molecule has 5 heteroatoms. The minimum Gasteiger partial charge on any atom is -0.508 e. The summed E-state index contributed by atoms with van der Waals surface area (Å²) in [6.07, 6.45) is 0. The van der Waals surface area contributed by atoms with E-state index in [4.69, 9.17) is 16.6 Å². The first-order valence-corrected chi connectivity index (χ1v) is 3.97. The van der Waals surface area contributed by atoms with E-state index in [1.165, 1.54) is 25.1 Å². The molecule has 6 N–H and O–H groups in total. The highest BCUT2D eigenvalue weighted by molar-refractivity contribution is 5.82. The Morgan fingerprint density at radius 1 is 1.50 bits per heavy atom. The van der Waals surface area contributed by atoms with Gasteiger partial charge in [0.1, 0.15) is 11.3 Å². The molecule has 0 aliphatic carbocycles. The third-order valence-corrected chi connectivity index (χ3v) is 2.04. The molecular weight excluding hydrogens is 184 g/mol. The number of nitrogen functional groups attached to an aromatic ring is 1. The second kappa shape index (κ2) is 3.19. The predicted octanol–water partition coefficient (Wildman–Crippen LogP) is 0.233. The molecule has 0 aliphatic heterocycles. The van der Waals surface area contributed by atoms with Crippen molar-refractivity contribution in [3.63, 3.8) is 0 Å². The average Bonchev–Trinajstić information content (AvgIpc) is 2.08. The third kappa shape index (κ3) is 1.62. The SMILES string of the molecule is C[C@](N)(C(=O)O)c1cc(O)ccc1N. The molecule has 0 saturated heterocycles. The highest BCUT2D eigenvalue weighted by atomic mass is 16.4. The molecule has 0 amide bonds. The average molecular weight is 196 g/mol. The molecule has 1 rings (SSSR count). The van der Waals surface area contributed by atoms with Gasteiger partial charge in [-0.2, -0.15) is 0 Å². The van der Waals surface area contributed by atoms with Crippen LogP contribution in [0.4, 0.5) is 5.69 Å². The highest BCUT2D eigenvalue weighted by Crippen LogP contribution is 2.27. The molecule has 0 aliphatic rings. The Morgan fingerprint density at radius 2 is 2.07 bits per heavy atom. The van der Waals surface area contributed by atoms with Crippen LogP contribution in [-0.2, 0) is 10.3 Å². The molecule has 5 nitrogen and oxygen atoms in total. The fraction of sp³-hybridized carbons (Fsp3) is 0.222. The van der Waals surface area contributed by atoms with Crippen LogP contribution in [0.2, 0.25) is 0 Å². The predicted molar refractivity (Wildman–Crippen MR) is 51.7 cm³/mol. The molecule has 0 bridgehead atoms. The Balaban J connectivity index is 3.31. The fourth-order valence-electron chi connectivity index (χ4n) is 1.11. The van der Waals surface area contributed by atoms with Crippen molar-refractivity contribution in [1.29, 1.82) is 0 Å². The first-order chi connectivity index (χ1) is 6.35. The van der Waals surface area contributed by atoms with E-state index in [2.05, 4.69) is 0 Å². The van der Waals surface area contributed by atoms with Crippen molar-refractivity contribution in [1.82, 2.24) is 0 Å². The summed E-state index contributed by atoms with van der Waals surface area (Å²) in [7, 11) is 0. The number of rotatable bonds is 2. The maximum atomic E-state index is 10.8. The minimum atomic E-state index is -1.59. The van der Waals surface area contributed by atoms with E-state index in [1.54, 1.807) is 0 Å². The number of aromatic hydroxyl groups is 1. The number of aliphatic carboxylic acids is 1. The molecule has 1 aromatic rings. The number of phenolic OH excluding ortho intramolecular Hbond substituents is 1. The van der Waals surface area contributed by atoms with Crippen LogP contribution in [0.25, 0.3) is 0 Å². The zero-order chi connectivity index (χ0) is 10.9. The van der Waals surface area contributed by atoms with Gasteiger partial charge in [0.25, 0.3) is 0 Å². The van der Waals surface area contributed by atoms with E-state index in [1.807, 2.05) is 0 Å². The lowest BCUT2D eigenvalue weighted by Gasteiger charge is -2.21. The molecule has 14 heavy (non-hydrogen) atoms. The zero-order valence-electron chi connectivity index (χ0n) is 7.69. The lowest BCUT2D eigenvalue weighted by molar-refractivity contribution is -0.143. The Hall–Kier alpha value is -1.75. The standard InChI is InChI=1S/C9H12N2O3/c1-9(11,8(13)14)6-4-5(12)2-3-7(6)10/h2-4,12H,10-11H2,1H3,(H,13,14)/t9-/m1/s1. The number of carbonyl (C=O) groups is 1. The van der Waals surface area contributed by atoms with Crippen molar-refractivity contribution in [2.75, 3.05) is 5.73 Å². The molecule has 76 valence electrons. The number of phenols is 1. The van der Waals surface area contributed by atoms with Crippen LogP contribution in [0.5, 0.6) is 5.75 Å². The number of hydrogen-bond acceptors (Lipinski definition) is 4. The van der Waals surface area contributed by atoms with Crippen LogP contribution in [0, 0.1) is 0 Å². The van der Waals surface area contributed by atoms with Gasteiger partial charge in [0.2, 0.25) is 0 Å². The minimum absolute atomic E-state index is 0.0628. The van der Waals surface area contributed by atoms with E-state index in [-0.39, 0.29) is 17.0 Å². The molecule has 0 unspecified atom stereocenters. The third-order valence-electron chi connectivity index (χ3n) is 2.04. The highest BCUT2D eigenvalue weighted by Gasteiger charge is 2.32. The summed E-state index contributed by atoms with van der Waals surface area (Å²) in [6, 6.07) is 4.04. The Morgan fingerprint density at radius 3 is 2.57 bits per heavy atom. The van der Waals surface area contributed by atoms with Crippen LogP contribution >= 0.6 is 0 Å². The summed E-state index contributed by atoms with van der Waals surface area (Å²) in [6.45, 7) is 1.32. The van der Waals surface area contributed by atoms with Gasteiger partial charge in [-0.05, 0) is 25.1 Å². The number of carboxylic acids is 1. The topological polar surface area (TPSA) is 110 Å². The summed E-state index contributed by atoms with van der Waals surface area (Å²) in [5.74, 6) is -1.26. The number of carboxylic acid groups (broad SMARTS) is 1. The molecule has 1 atom stereocenters. The lowest BCUT2D eigenvalue weighted by Crippen LogP contribution is -2.42. The molecule has 0 heterocycles. The van der Waals surface area contributed by atoms with Crippen LogP contribution in [0.15, 0.2) is 18.2 Å². The molecule has 0 spiro atoms. The molecular formula is C9H12N2O3. The Kier molecular flexibility index (Phi) is 2.35. The van der Waals surface area contributed by atoms with Crippen molar-refractivity contribution in [3.8, 4) is 5.75 Å². The van der Waals surface area contributed by atoms with Gasteiger partial charge in [-0.25, -0.2) is 4.79 Å². The number of anilines is 1. The second-order valence-electron chi connectivity index (χ2n) is 3.28. The normalized spacial score (nSPS) is 14.7. The zero-order valence-corrected chi connectivity index (χ0v) is 7.69. The van der Waals surface area contributed by atoms with Crippen molar-refractivity contribution in [2.24, 2.45) is 5.73 Å². The first-order valence-electron chi connectivity index (χ1n) is 3.97. The lowest BCUT2D eigenvalue weighted by atomic mass is 9.92. The Bertz CT molecular complexity index is 374.